The molecule has 6 nitrogen and oxygen atoms in total. The van der Waals surface area contributed by atoms with Crippen LogP contribution in [0, 0.1) is 5.92 Å². The van der Waals surface area contributed by atoms with Gasteiger partial charge in [0.15, 0.2) is 0 Å². The third-order valence-electron chi connectivity index (χ3n) is 5.77. The summed E-state index contributed by atoms with van der Waals surface area (Å²) in [7, 11) is 0. The number of amides is 2. The average molecular weight is 523 g/mol. The van der Waals surface area contributed by atoms with Crippen molar-refractivity contribution in [3.63, 3.8) is 0 Å². The number of anilines is 1. The van der Waals surface area contributed by atoms with Crippen molar-refractivity contribution in [3.05, 3.63) is 98.1 Å². The summed E-state index contributed by atoms with van der Waals surface area (Å²) < 4.78 is 0. The first-order valence-corrected chi connectivity index (χ1v) is 12.6. The number of imidazole rings is 1. The number of hydrogen-bond donors (Lipinski definition) is 3. The van der Waals surface area contributed by atoms with Crippen LogP contribution in [-0.2, 0) is 0 Å². The monoisotopic (exact) mass is 522 g/mol. The lowest BCUT2D eigenvalue weighted by Gasteiger charge is -2.20. The van der Waals surface area contributed by atoms with Crippen LogP contribution in [0.2, 0.25) is 10.0 Å². The summed E-state index contributed by atoms with van der Waals surface area (Å²) in [5.41, 5.74) is 5.14. The number of H-pyrrole nitrogens is 1. The molecule has 0 saturated heterocycles. The van der Waals surface area contributed by atoms with Gasteiger partial charge in [-0.15, -0.1) is 0 Å². The first kappa shape index (κ1) is 23.4. The molecule has 9 heteroatoms. The van der Waals surface area contributed by atoms with Gasteiger partial charge in [-0.25, -0.2) is 4.98 Å². The highest BCUT2D eigenvalue weighted by Gasteiger charge is 2.21. The summed E-state index contributed by atoms with van der Waals surface area (Å²) in [5.74, 6) is 0.497. The number of carbonyl (C=O) groups is 2. The van der Waals surface area contributed by atoms with Gasteiger partial charge in [0.2, 0.25) is 0 Å². The molecule has 2 heterocycles. The highest BCUT2D eigenvalue weighted by Crippen LogP contribution is 2.32. The van der Waals surface area contributed by atoms with Crippen LogP contribution in [0.4, 0.5) is 5.69 Å². The maximum atomic E-state index is 12.7. The molecular formula is C26H20Cl2N4O2S. The second-order valence-electron chi connectivity index (χ2n) is 8.28. The van der Waals surface area contributed by atoms with E-state index >= 15 is 0 Å². The number of hydrogen-bond acceptors (Lipinski definition) is 4. The Morgan fingerprint density at radius 3 is 2.66 bits per heavy atom. The molecule has 4 aromatic rings. The summed E-state index contributed by atoms with van der Waals surface area (Å²) in [4.78, 5) is 33.1. The third-order valence-corrected chi connectivity index (χ3v) is 7.00. The predicted molar refractivity (Wildman–Crippen MR) is 142 cm³/mol. The lowest BCUT2D eigenvalue weighted by molar-refractivity contribution is 0.0963. The number of thiophene rings is 1. The Hall–Kier alpha value is -3.39. The van der Waals surface area contributed by atoms with Crippen molar-refractivity contribution in [2.45, 2.75) is 13.3 Å². The second kappa shape index (κ2) is 9.70. The number of halogens is 2. The summed E-state index contributed by atoms with van der Waals surface area (Å²) in [5, 5.41) is 10.3. The van der Waals surface area contributed by atoms with E-state index in [0.717, 1.165) is 28.1 Å². The average Bonchev–Trinajstić information content (AvgIpc) is 3.49. The highest BCUT2D eigenvalue weighted by molar-refractivity contribution is 7.08. The number of aromatic amines is 1. The van der Waals surface area contributed by atoms with Crippen molar-refractivity contribution in [2.75, 3.05) is 5.32 Å². The van der Waals surface area contributed by atoms with E-state index in [0.29, 0.717) is 28.3 Å². The van der Waals surface area contributed by atoms with E-state index in [2.05, 4.69) is 22.5 Å². The van der Waals surface area contributed by atoms with Gasteiger partial charge in [-0.2, -0.15) is 11.3 Å². The molecule has 1 unspecified atom stereocenters. The Bertz CT molecular complexity index is 1510. The molecule has 176 valence electrons. The zero-order chi connectivity index (χ0) is 24.5. The van der Waals surface area contributed by atoms with Gasteiger partial charge in [-0.1, -0.05) is 36.2 Å². The summed E-state index contributed by atoms with van der Waals surface area (Å²) in [6, 6.07) is 12.0. The smallest absolute Gasteiger partial charge is 0.257 e. The topological polar surface area (TPSA) is 86.9 Å². The van der Waals surface area contributed by atoms with Crippen LogP contribution in [-0.4, -0.2) is 21.8 Å². The number of fused-ring (bicyclic) bond motifs is 1. The first-order valence-electron chi connectivity index (χ1n) is 10.9. The Kier molecular flexibility index (Phi) is 6.47. The van der Waals surface area contributed by atoms with Gasteiger partial charge in [-0.3, -0.25) is 9.59 Å². The lowest BCUT2D eigenvalue weighted by atomic mass is 9.90. The van der Waals surface area contributed by atoms with Crippen LogP contribution in [0.3, 0.4) is 0 Å². The standard InChI is InChI=1S/C26H20Cl2N4O2S/c1-14-10-17(29-25(33)15-8-9-35-13-15)3-6-19(14)24-31-22-7-4-18(12-23(22)32-24)30-26(34)20-5-2-16(27)11-21(20)28/h2-9,11-14H,10H2,1H3,(H,29,33)(H,30,34)(H,31,32). The van der Waals surface area contributed by atoms with Crippen molar-refractivity contribution in [2.24, 2.45) is 5.92 Å². The van der Waals surface area contributed by atoms with Gasteiger partial charge in [-0.05, 0) is 71.8 Å². The molecule has 0 aliphatic heterocycles. The third kappa shape index (κ3) is 5.03. The molecule has 0 radical (unpaired) electrons. The first-order chi connectivity index (χ1) is 16.9. The molecule has 0 fully saturated rings. The maximum absolute atomic E-state index is 12.7. The Balaban J connectivity index is 1.34. The van der Waals surface area contributed by atoms with Crippen LogP contribution in [0.15, 0.2) is 71.1 Å². The molecule has 1 aliphatic rings. The highest BCUT2D eigenvalue weighted by atomic mass is 35.5. The Morgan fingerprint density at radius 2 is 1.91 bits per heavy atom. The molecule has 5 rings (SSSR count). The predicted octanol–water partition coefficient (Wildman–Crippen LogP) is 6.92. The number of nitrogens with one attached hydrogen (secondary N) is 3. The van der Waals surface area contributed by atoms with E-state index < -0.39 is 0 Å². The molecule has 1 aliphatic carbocycles. The quantitative estimate of drug-likeness (QED) is 0.265. The maximum Gasteiger partial charge on any atom is 0.257 e. The van der Waals surface area contributed by atoms with Gasteiger partial charge in [0.25, 0.3) is 11.8 Å². The molecular weight excluding hydrogens is 503 g/mol. The number of aromatic nitrogens is 2. The van der Waals surface area contributed by atoms with Gasteiger partial charge in [0.05, 0.1) is 27.2 Å². The summed E-state index contributed by atoms with van der Waals surface area (Å²) in [6.07, 6.45) is 4.61. The largest absolute Gasteiger partial charge is 0.338 e. The molecule has 1 atom stereocenters. The number of rotatable bonds is 5. The van der Waals surface area contributed by atoms with Crippen LogP contribution in [0.25, 0.3) is 16.6 Å². The van der Waals surface area contributed by atoms with Crippen molar-refractivity contribution in [3.8, 4) is 0 Å². The fourth-order valence-corrected chi connectivity index (χ4v) is 5.11. The summed E-state index contributed by atoms with van der Waals surface area (Å²) >= 11 is 13.6. The van der Waals surface area contributed by atoms with E-state index in [1.807, 2.05) is 41.1 Å². The van der Waals surface area contributed by atoms with Gasteiger partial charge >= 0.3 is 0 Å². The molecule has 2 aromatic heterocycles. The van der Waals surface area contributed by atoms with E-state index in [1.54, 1.807) is 18.2 Å². The molecule has 0 saturated carbocycles. The molecule has 3 N–H and O–H groups in total. The normalized spacial score (nSPS) is 15.5. The van der Waals surface area contributed by atoms with Crippen molar-refractivity contribution in [1.82, 2.24) is 15.3 Å². The molecule has 35 heavy (non-hydrogen) atoms. The number of benzene rings is 2. The minimum atomic E-state index is -0.323. The van der Waals surface area contributed by atoms with Crippen molar-refractivity contribution < 1.29 is 9.59 Å². The Labute approximate surface area is 215 Å². The van der Waals surface area contributed by atoms with Crippen molar-refractivity contribution in [1.29, 1.82) is 0 Å². The number of nitrogens with zero attached hydrogens (tertiary/aromatic N) is 1. The molecule has 0 spiro atoms. The fraction of sp³-hybridized carbons (Fsp3) is 0.115. The van der Waals surface area contributed by atoms with Gasteiger partial charge in [0, 0.05) is 21.8 Å². The Morgan fingerprint density at radius 1 is 1.06 bits per heavy atom. The van der Waals surface area contributed by atoms with Gasteiger partial charge in [0.1, 0.15) is 5.82 Å². The fourth-order valence-electron chi connectivity index (χ4n) is 3.98. The van der Waals surface area contributed by atoms with E-state index in [9.17, 15) is 9.59 Å². The van der Waals surface area contributed by atoms with E-state index in [1.165, 1.54) is 17.4 Å². The van der Waals surface area contributed by atoms with Gasteiger partial charge < -0.3 is 15.6 Å². The molecule has 2 amide bonds. The van der Waals surface area contributed by atoms with Crippen LogP contribution < -0.4 is 10.6 Å². The van der Waals surface area contributed by atoms with Crippen LogP contribution in [0.5, 0.6) is 0 Å². The zero-order valence-corrected chi connectivity index (χ0v) is 20.9. The second-order valence-corrected chi connectivity index (χ2v) is 9.90. The van der Waals surface area contributed by atoms with Crippen LogP contribution in [0.1, 0.15) is 39.9 Å². The minimum absolute atomic E-state index is 0.0975. The van der Waals surface area contributed by atoms with Crippen molar-refractivity contribution >= 4 is 68.6 Å². The summed E-state index contributed by atoms with van der Waals surface area (Å²) in [6.45, 7) is 2.10. The lowest BCUT2D eigenvalue weighted by Crippen LogP contribution is -2.24. The SMILES string of the molecule is CC1CC(NC(=O)c2ccsc2)=CC=C1c1nc2ccc(NC(=O)c3ccc(Cl)cc3Cl)cc2[nH]1. The minimum Gasteiger partial charge on any atom is -0.338 e. The number of allylic oxidation sites excluding steroid dienone is 4. The molecule has 2 aromatic carbocycles. The van der Waals surface area contributed by atoms with E-state index in [-0.39, 0.29) is 22.8 Å². The van der Waals surface area contributed by atoms with Crippen LogP contribution >= 0.6 is 34.5 Å². The zero-order valence-electron chi connectivity index (χ0n) is 18.6. The van der Waals surface area contributed by atoms with E-state index in [4.69, 9.17) is 28.2 Å². The number of carbonyl (C=O) groups excluding carboxylic acids is 2. The molecule has 0 bridgehead atoms.